The Kier molecular flexibility index (Phi) is 3.26. The van der Waals surface area contributed by atoms with Crippen molar-refractivity contribution < 1.29 is 9.59 Å². The van der Waals surface area contributed by atoms with E-state index in [2.05, 4.69) is 5.32 Å². The Morgan fingerprint density at radius 3 is 2.47 bits per heavy atom. The number of aryl methyl sites for hydroxylation is 1. The lowest BCUT2D eigenvalue weighted by Gasteiger charge is -2.22. The van der Waals surface area contributed by atoms with Crippen molar-refractivity contribution in [2.75, 3.05) is 6.54 Å². The van der Waals surface area contributed by atoms with E-state index >= 15 is 0 Å². The second-order valence-corrected chi connectivity index (χ2v) is 4.66. The van der Waals surface area contributed by atoms with Crippen molar-refractivity contribution in [3.05, 3.63) is 35.4 Å². The standard InChI is InChI=1S/C14H15N3O2/c1-3-10-4-6-11(7-5-10)14(2)12(18)17(9-8-15)13(19)16-14/h4-7H,3,9H2,1-2H3,(H,16,19). The number of hydrogen-bond donors (Lipinski definition) is 1. The summed E-state index contributed by atoms with van der Waals surface area (Å²) in [4.78, 5) is 24.9. The number of hydrogen-bond acceptors (Lipinski definition) is 3. The summed E-state index contributed by atoms with van der Waals surface area (Å²) in [5, 5.41) is 11.3. The molecule has 0 spiro atoms. The van der Waals surface area contributed by atoms with Gasteiger partial charge in [-0.05, 0) is 24.5 Å². The fourth-order valence-electron chi connectivity index (χ4n) is 2.18. The van der Waals surface area contributed by atoms with Crippen LogP contribution in [0.25, 0.3) is 0 Å². The van der Waals surface area contributed by atoms with E-state index in [1.165, 1.54) is 0 Å². The fourth-order valence-corrected chi connectivity index (χ4v) is 2.18. The van der Waals surface area contributed by atoms with Crippen molar-refractivity contribution in [2.45, 2.75) is 25.8 Å². The quantitative estimate of drug-likeness (QED) is 0.659. The van der Waals surface area contributed by atoms with Crippen LogP contribution in [-0.4, -0.2) is 23.4 Å². The Morgan fingerprint density at radius 2 is 1.95 bits per heavy atom. The minimum Gasteiger partial charge on any atom is -0.319 e. The van der Waals surface area contributed by atoms with Crippen molar-refractivity contribution in [3.63, 3.8) is 0 Å². The van der Waals surface area contributed by atoms with Crippen molar-refractivity contribution in [1.29, 1.82) is 5.26 Å². The molecule has 0 aliphatic carbocycles. The number of carbonyl (C=O) groups is 2. The van der Waals surface area contributed by atoms with Gasteiger partial charge in [0.2, 0.25) is 0 Å². The van der Waals surface area contributed by atoms with Crippen molar-refractivity contribution in [3.8, 4) is 6.07 Å². The molecule has 0 bridgehead atoms. The second kappa shape index (κ2) is 4.73. The summed E-state index contributed by atoms with van der Waals surface area (Å²) in [6.07, 6.45) is 0.915. The number of urea groups is 1. The van der Waals surface area contributed by atoms with Crippen molar-refractivity contribution in [1.82, 2.24) is 10.2 Å². The molecule has 98 valence electrons. The van der Waals surface area contributed by atoms with E-state index in [4.69, 9.17) is 5.26 Å². The molecule has 5 heteroatoms. The monoisotopic (exact) mass is 257 g/mol. The smallest absolute Gasteiger partial charge is 0.319 e. The molecule has 3 amide bonds. The first kappa shape index (κ1) is 13.1. The van der Waals surface area contributed by atoms with Crippen LogP contribution in [0.2, 0.25) is 0 Å². The lowest BCUT2D eigenvalue weighted by molar-refractivity contribution is -0.130. The van der Waals surface area contributed by atoms with Gasteiger partial charge in [-0.2, -0.15) is 5.26 Å². The maximum absolute atomic E-state index is 12.3. The first-order valence-corrected chi connectivity index (χ1v) is 6.13. The molecule has 0 radical (unpaired) electrons. The predicted octanol–water partition coefficient (Wildman–Crippen LogP) is 1.54. The molecule has 1 N–H and O–H groups in total. The van der Waals surface area contributed by atoms with Crippen LogP contribution in [0.3, 0.4) is 0 Å². The molecule has 2 rings (SSSR count). The maximum atomic E-state index is 12.3. The van der Waals surface area contributed by atoms with E-state index in [-0.39, 0.29) is 12.5 Å². The molecule has 0 saturated carbocycles. The molecule has 1 aromatic carbocycles. The Bertz CT molecular complexity index is 559. The zero-order valence-electron chi connectivity index (χ0n) is 10.9. The fraction of sp³-hybridized carbons (Fsp3) is 0.357. The Labute approximate surface area is 111 Å². The highest BCUT2D eigenvalue weighted by atomic mass is 16.2. The van der Waals surface area contributed by atoms with Crippen LogP contribution in [0, 0.1) is 11.3 Å². The van der Waals surface area contributed by atoms with Crippen molar-refractivity contribution in [2.24, 2.45) is 0 Å². The van der Waals surface area contributed by atoms with Gasteiger partial charge in [-0.1, -0.05) is 31.2 Å². The van der Waals surface area contributed by atoms with Crippen molar-refractivity contribution >= 4 is 11.9 Å². The van der Waals surface area contributed by atoms with Gasteiger partial charge >= 0.3 is 6.03 Å². The predicted molar refractivity (Wildman–Crippen MR) is 69.0 cm³/mol. The summed E-state index contributed by atoms with van der Waals surface area (Å²) in [7, 11) is 0. The Morgan fingerprint density at radius 1 is 1.32 bits per heavy atom. The maximum Gasteiger partial charge on any atom is 0.326 e. The van der Waals surface area contributed by atoms with Gasteiger partial charge < -0.3 is 5.32 Å². The van der Waals surface area contributed by atoms with Gasteiger partial charge in [0.1, 0.15) is 12.1 Å². The topological polar surface area (TPSA) is 73.2 Å². The summed E-state index contributed by atoms with van der Waals surface area (Å²) in [5.41, 5.74) is 0.807. The summed E-state index contributed by atoms with van der Waals surface area (Å²) < 4.78 is 0. The van der Waals surface area contributed by atoms with Gasteiger partial charge in [0.15, 0.2) is 0 Å². The lowest BCUT2D eigenvalue weighted by Crippen LogP contribution is -2.40. The molecule has 1 atom stereocenters. The minimum absolute atomic E-state index is 0.229. The highest BCUT2D eigenvalue weighted by Gasteiger charge is 2.48. The molecule has 5 nitrogen and oxygen atoms in total. The first-order chi connectivity index (χ1) is 9.02. The molecule has 0 aromatic heterocycles. The molecule has 1 saturated heterocycles. The number of imide groups is 1. The summed E-state index contributed by atoms with van der Waals surface area (Å²) >= 11 is 0. The molecule has 1 aliphatic heterocycles. The number of amides is 3. The minimum atomic E-state index is -1.08. The van der Waals surface area contributed by atoms with Crippen LogP contribution < -0.4 is 5.32 Å². The second-order valence-electron chi connectivity index (χ2n) is 4.66. The molecular weight excluding hydrogens is 242 g/mol. The van der Waals surface area contributed by atoms with Gasteiger partial charge in [0.05, 0.1) is 6.07 Å². The molecule has 1 unspecified atom stereocenters. The van der Waals surface area contributed by atoms with E-state index in [9.17, 15) is 9.59 Å². The normalized spacial score (nSPS) is 22.3. The molecule has 1 fully saturated rings. The zero-order valence-corrected chi connectivity index (χ0v) is 10.9. The van der Waals surface area contributed by atoms with Gasteiger partial charge in [0.25, 0.3) is 5.91 Å². The number of benzene rings is 1. The number of rotatable bonds is 3. The van der Waals surface area contributed by atoms with E-state index in [1.54, 1.807) is 6.92 Å². The third kappa shape index (κ3) is 2.06. The molecule has 1 heterocycles. The van der Waals surface area contributed by atoms with Gasteiger partial charge in [-0.25, -0.2) is 9.69 Å². The number of nitrogens with zero attached hydrogens (tertiary/aromatic N) is 2. The Balaban J connectivity index is 2.35. The van der Waals surface area contributed by atoms with Gasteiger partial charge in [-0.3, -0.25) is 4.79 Å². The van der Waals surface area contributed by atoms with E-state index in [0.717, 1.165) is 22.4 Å². The van der Waals surface area contributed by atoms with Crippen LogP contribution in [0.1, 0.15) is 25.0 Å². The van der Waals surface area contributed by atoms with E-state index in [0.29, 0.717) is 0 Å². The molecular formula is C14H15N3O2. The zero-order chi connectivity index (χ0) is 14.0. The molecule has 1 aromatic rings. The summed E-state index contributed by atoms with van der Waals surface area (Å²) in [5.74, 6) is -0.386. The third-order valence-electron chi connectivity index (χ3n) is 3.44. The number of nitrogens with one attached hydrogen (secondary N) is 1. The summed E-state index contributed by atoms with van der Waals surface area (Å²) in [6.45, 7) is 3.48. The largest absolute Gasteiger partial charge is 0.326 e. The lowest BCUT2D eigenvalue weighted by atomic mass is 9.91. The van der Waals surface area contributed by atoms with Gasteiger partial charge in [0, 0.05) is 0 Å². The average molecular weight is 257 g/mol. The van der Waals surface area contributed by atoms with Crippen LogP contribution in [0.5, 0.6) is 0 Å². The Hall–Kier alpha value is -2.35. The highest BCUT2D eigenvalue weighted by molar-refractivity contribution is 6.07. The highest BCUT2D eigenvalue weighted by Crippen LogP contribution is 2.28. The molecule has 1 aliphatic rings. The van der Waals surface area contributed by atoms with Crippen LogP contribution >= 0.6 is 0 Å². The van der Waals surface area contributed by atoms with Crippen LogP contribution in [0.4, 0.5) is 4.79 Å². The summed E-state index contributed by atoms with van der Waals surface area (Å²) in [6, 6.07) is 8.86. The third-order valence-corrected chi connectivity index (χ3v) is 3.44. The van der Waals surface area contributed by atoms with Crippen LogP contribution in [-0.2, 0) is 16.8 Å². The van der Waals surface area contributed by atoms with Crippen LogP contribution in [0.15, 0.2) is 24.3 Å². The number of nitriles is 1. The number of carbonyl (C=O) groups excluding carboxylic acids is 2. The van der Waals surface area contributed by atoms with Gasteiger partial charge in [-0.15, -0.1) is 0 Å². The van der Waals surface area contributed by atoms with E-state index < -0.39 is 11.6 Å². The van der Waals surface area contributed by atoms with E-state index in [1.807, 2.05) is 37.3 Å². The average Bonchev–Trinajstić information content (AvgIpc) is 2.64. The first-order valence-electron chi connectivity index (χ1n) is 6.13. The molecule has 19 heavy (non-hydrogen) atoms. The SMILES string of the molecule is CCc1ccc(C2(C)NC(=O)N(CC#N)C2=O)cc1.